The number of ether oxygens (including phenoxy) is 1. The van der Waals surface area contributed by atoms with Crippen molar-refractivity contribution in [2.75, 3.05) is 20.2 Å². The summed E-state index contributed by atoms with van der Waals surface area (Å²) in [5, 5.41) is 0. The van der Waals surface area contributed by atoms with E-state index in [4.69, 9.17) is 9.15 Å². The number of hydrogen-bond donors (Lipinski definition) is 0. The van der Waals surface area contributed by atoms with Crippen LogP contribution in [0.3, 0.4) is 0 Å². The minimum atomic E-state index is -0.578. The lowest BCUT2D eigenvalue weighted by atomic mass is 10.3. The molecule has 1 aromatic heterocycles. The molecule has 0 aliphatic carbocycles. The summed E-state index contributed by atoms with van der Waals surface area (Å²) in [6.45, 7) is 0.272. The van der Waals surface area contributed by atoms with E-state index < -0.39 is 11.6 Å². The minimum absolute atomic E-state index is 0.133. The van der Waals surface area contributed by atoms with Gasteiger partial charge >= 0.3 is 5.76 Å². The van der Waals surface area contributed by atoms with E-state index in [-0.39, 0.29) is 31.4 Å². The van der Waals surface area contributed by atoms with E-state index in [0.717, 1.165) is 0 Å². The smallest absolute Gasteiger partial charge is 0.420 e. The summed E-state index contributed by atoms with van der Waals surface area (Å²) in [5.74, 6) is -1.16. The second kappa shape index (κ2) is 7.21. The van der Waals surface area contributed by atoms with Gasteiger partial charge in [0, 0.05) is 7.05 Å². The van der Waals surface area contributed by atoms with Crippen molar-refractivity contribution < 1.29 is 18.3 Å². The van der Waals surface area contributed by atoms with Crippen LogP contribution in [0.2, 0.25) is 0 Å². The van der Waals surface area contributed by atoms with Gasteiger partial charge in [0.1, 0.15) is 13.2 Å². The Morgan fingerprint density at radius 1 is 1.20 bits per heavy atom. The van der Waals surface area contributed by atoms with Crippen molar-refractivity contribution in [3.8, 4) is 5.75 Å². The van der Waals surface area contributed by atoms with Crippen molar-refractivity contribution >= 4 is 17.0 Å². The molecule has 0 unspecified atom stereocenters. The molecule has 0 saturated carbocycles. The Labute approximate surface area is 143 Å². The summed E-state index contributed by atoms with van der Waals surface area (Å²) in [6.07, 6.45) is 0. The SMILES string of the molecule is CN(CCOc1ccccc1F)C(=O)Cn1c(=O)oc2ccccc21. The molecule has 0 N–H and O–H groups in total. The number of hydrogen-bond acceptors (Lipinski definition) is 4. The van der Waals surface area contributed by atoms with E-state index in [0.29, 0.717) is 11.1 Å². The van der Waals surface area contributed by atoms with Crippen LogP contribution in [0.5, 0.6) is 5.75 Å². The zero-order chi connectivity index (χ0) is 17.8. The van der Waals surface area contributed by atoms with Gasteiger partial charge in [0.05, 0.1) is 12.1 Å². The van der Waals surface area contributed by atoms with Crippen LogP contribution in [0.4, 0.5) is 4.39 Å². The molecule has 2 aromatic carbocycles. The molecule has 0 aliphatic heterocycles. The van der Waals surface area contributed by atoms with Gasteiger partial charge in [-0.3, -0.25) is 9.36 Å². The normalized spacial score (nSPS) is 10.8. The molecule has 25 heavy (non-hydrogen) atoms. The monoisotopic (exact) mass is 344 g/mol. The number of nitrogens with zero attached hydrogens (tertiary/aromatic N) is 2. The number of aromatic nitrogens is 1. The van der Waals surface area contributed by atoms with Gasteiger partial charge in [-0.1, -0.05) is 24.3 Å². The van der Waals surface area contributed by atoms with Gasteiger partial charge in [-0.05, 0) is 24.3 Å². The van der Waals surface area contributed by atoms with Crippen molar-refractivity contribution in [2.24, 2.45) is 0 Å². The zero-order valence-corrected chi connectivity index (χ0v) is 13.6. The number of para-hydroxylation sites is 3. The van der Waals surface area contributed by atoms with E-state index in [1.54, 1.807) is 43.4 Å². The largest absolute Gasteiger partial charge is 0.489 e. The summed E-state index contributed by atoms with van der Waals surface area (Å²) in [4.78, 5) is 25.6. The van der Waals surface area contributed by atoms with Crippen molar-refractivity contribution in [3.05, 3.63) is 64.9 Å². The van der Waals surface area contributed by atoms with Gasteiger partial charge in [0.2, 0.25) is 5.91 Å². The molecule has 3 aromatic rings. The number of amides is 1. The predicted molar refractivity (Wildman–Crippen MR) is 90.0 cm³/mol. The molecule has 0 radical (unpaired) electrons. The van der Waals surface area contributed by atoms with Gasteiger partial charge in [0.15, 0.2) is 17.1 Å². The summed E-state index contributed by atoms with van der Waals surface area (Å²) < 4.78 is 25.2. The lowest BCUT2D eigenvalue weighted by molar-refractivity contribution is -0.130. The number of carbonyl (C=O) groups excluding carboxylic acids is 1. The fourth-order valence-corrected chi connectivity index (χ4v) is 2.40. The van der Waals surface area contributed by atoms with Gasteiger partial charge < -0.3 is 14.1 Å². The van der Waals surface area contributed by atoms with Crippen LogP contribution in [-0.2, 0) is 11.3 Å². The number of likely N-dealkylation sites (N-methyl/N-ethyl adjacent to an activating group) is 1. The molecule has 1 heterocycles. The fraction of sp³-hybridized carbons (Fsp3) is 0.222. The molecule has 0 bridgehead atoms. The van der Waals surface area contributed by atoms with Crippen molar-refractivity contribution in [1.82, 2.24) is 9.47 Å². The summed E-state index contributed by atoms with van der Waals surface area (Å²) in [5.41, 5.74) is 1.00. The Kier molecular flexibility index (Phi) is 4.83. The molecule has 0 atom stereocenters. The third-order valence-electron chi connectivity index (χ3n) is 3.81. The minimum Gasteiger partial charge on any atom is -0.489 e. The predicted octanol–water partition coefficient (Wildman–Crippen LogP) is 2.27. The average molecular weight is 344 g/mol. The Hall–Kier alpha value is -3.09. The maximum atomic E-state index is 13.5. The molecule has 130 valence electrons. The molecular formula is C18H17FN2O4. The highest BCUT2D eigenvalue weighted by molar-refractivity contribution is 5.79. The molecule has 0 spiro atoms. The summed E-state index contributed by atoms with van der Waals surface area (Å²) in [6, 6.07) is 13.0. The van der Waals surface area contributed by atoms with Crippen molar-refractivity contribution in [1.29, 1.82) is 0 Å². The maximum absolute atomic E-state index is 13.5. The summed E-state index contributed by atoms with van der Waals surface area (Å²) in [7, 11) is 1.60. The lowest BCUT2D eigenvalue weighted by Crippen LogP contribution is -2.35. The first-order chi connectivity index (χ1) is 12.1. The van der Waals surface area contributed by atoms with Crippen LogP contribution in [0.1, 0.15) is 0 Å². The highest BCUT2D eigenvalue weighted by atomic mass is 19.1. The number of carbonyl (C=O) groups is 1. The Morgan fingerprint density at radius 2 is 1.92 bits per heavy atom. The highest BCUT2D eigenvalue weighted by Crippen LogP contribution is 2.15. The number of rotatable bonds is 6. The standard InChI is InChI=1S/C18H17FN2O4/c1-20(10-11-24-15-8-4-2-6-13(15)19)17(22)12-21-14-7-3-5-9-16(14)25-18(21)23/h2-9H,10-12H2,1H3. The second-order valence-corrected chi connectivity index (χ2v) is 5.52. The third kappa shape index (κ3) is 3.71. The number of halogens is 1. The first-order valence-corrected chi connectivity index (χ1v) is 7.76. The van der Waals surface area contributed by atoms with Crippen LogP contribution >= 0.6 is 0 Å². The first-order valence-electron chi connectivity index (χ1n) is 7.76. The van der Waals surface area contributed by atoms with Crippen LogP contribution in [0.25, 0.3) is 11.1 Å². The van der Waals surface area contributed by atoms with Gasteiger partial charge in [-0.25, -0.2) is 9.18 Å². The Bertz CT molecular complexity index is 947. The fourth-order valence-electron chi connectivity index (χ4n) is 2.40. The van der Waals surface area contributed by atoms with E-state index in [9.17, 15) is 14.0 Å². The van der Waals surface area contributed by atoms with Crippen molar-refractivity contribution in [3.63, 3.8) is 0 Å². The van der Waals surface area contributed by atoms with Gasteiger partial charge in [0.25, 0.3) is 0 Å². The average Bonchev–Trinajstić information content (AvgIpc) is 2.92. The van der Waals surface area contributed by atoms with Crippen LogP contribution < -0.4 is 10.5 Å². The zero-order valence-electron chi connectivity index (χ0n) is 13.6. The molecule has 7 heteroatoms. The summed E-state index contributed by atoms with van der Waals surface area (Å²) >= 11 is 0. The third-order valence-corrected chi connectivity index (χ3v) is 3.81. The molecule has 6 nitrogen and oxygen atoms in total. The van der Waals surface area contributed by atoms with E-state index >= 15 is 0 Å². The molecule has 3 rings (SSSR count). The van der Waals surface area contributed by atoms with Crippen LogP contribution in [0.15, 0.2) is 57.7 Å². The molecule has 1 amide bonds. The maximum Gasteiger partial charge on any atom is 0.420 e. The van der Waals surface area contributed by atoms with Gasteiger partial charge in [-0.15, -0.1) is 0 Å². The lowest BCUT2D eigenvalue weighted by Gasteiger charge is -2.17. The van der Waals surface area contributed by atoms with E-state index in [1.165, 1.54) is 21.6 Å². The molecule has 0 saturated heterocycles. The van der Waals surface area contributed by atoms with E-state index in [1.807, 2.05) is 0 Å². The van der Waals surface area contributed by atoms with Crippen molar-refractivity contribution in [2.45, 2.75) is 6.54 Å². The van der Waals surface area contributed by atoms with Crippen LogP contribution in [-0.4, -0.2) is 35.6 Å². The Balaban J connectivity index is 1.60. The quantitative estimate of drug-likeness (QED) is 0.688. The molecule has 0 fully saturated rings. The topological polar surface area (TPSA) is 64.7 Å². The Morgan fingerprint density at radius 3 is 2.72 bits per heavy atom. The molecular weight excluding hydrogens is 327 g/mol. The second-order valence-electron chi connectivity index (χ2n) is 5.52. The number of fused-ring (bicyclic) bond motifs is 1. The number of benzene rings is 2. The molecule has 0 aliphatic rings. The first kappa shape index (κ1) is 16.8. The highest BCUT2D eigenvalue weighted by Gasteiger charge is 2.15. The van der Waals surface area contributed by atoms with E-state index in [2.05, 4.69) is 0 Å². The number of oxazole rings is 1. The van der Waals surface area contributed by atoms with Gasteiger partial charge in [-0.2, -0.15) is 0 Å². The van der Waals surface area contributed by atoms with Crippen LogP contribution in [0, 0.1) is 5.82 Å².